The maximum absolute atomic E-state index is 14.9. The number of hydrogen-bond acceptors (Lipinski definition) is 5. The zero-order valence-electron chi connectivity index (χ0n) is 22.5. The zero-order chi connectivity index (χ0) is 27.9. The molecule has 1 aliphatic heterocycles. The summed E-state index contributed by atoms with van der Waals surface area (Å²) in [6.45, 7) is 11.1. The largest absolute Gasteiger partial charge is 0.393 e. The number of fused-ring (bicyclic) bond motifs is 2. The molecule has 0 bridgehead atoms. The summed E-state index contributed by atoms with van der Waals surface area (Å²) in [5, 5.41) is 16.3. The van der Waals surface area contributed by atoms with Gasteiger partial charge >= 0.3 is 0 Å². The lowest BCUT2D eigenvalue weighted by Crippen LogP contribution is -2.44. The summed E-state index contributed by atoms with van der Waals surface area (Å²) < 4.78 is 16.7. The average molecular weight is 528 g/mol. The molecule has 1 aromatic rings. The van der Waals surface area contributed by atoms with Gasteiger partial charge < -0.3 is 26.0 Å². The highest BCUT2D eigenvalue weighted by Gasteiger charge is 2.45. The van der Waals surface area contributed by atoms with Crippen LogP contribution in [0.15, 0.2) is 28.8 Å². The molecule has 0 unspecified atom stereocenters. The normalized spacial score (nSPS) is 28.7. The summed E-state index contributed by atoms with van der Waals surface area (Å²) >= 11 is 0. The molecule has 10 heteroatoms. The summed E-state index contributed by atoms with van der Waals surface area (Å²) in [7, 11) is 0. The summed E-state index contributed by atoms with van der Waals surface area (Å²) in [5.74, 6) is -1.61. The lowest BCUT2D eigenvalue weighted by Gasteiger charge is -2.36. The number of carbonyl (C=O) groups is 3. The Kier molecular flexibility index (Phi) is 7.65. The topological polar surface area (TPSA) is 139 Å². The van der Waals surface area contributed by atoms with E-state index in [2.05, 4.69) is 36.2 Å². The third kappa shape index (κ3) is 5.60. The molecule has 206 valence electrons. The number of halogens is 1. The van der Waals surface area contributed by atoms with Crippen LogP contribution in [0.1, 0.15) is 75.1 Å². The molecule has 0 saturated heterocycles. The van der Waals surface area contributed by atoms with Crippen molar-refractivity contribution in [3.63, 3.8) is 0 Å². The molecule has 5 atom stereocenters. The lowest BCUT2D eigenvalue weighted by molar-refractivity contribution is -0.124. The second-order valence-electron chi connectivity index (χ2n) is 11.8. The van der Waals surface area contributed by atoms with Crippen LogP contribution in [0, 0.1) is 23.2 Å². The molecule has 5 N–H and O–H groups in total. The number of nitrogens with two attached hydrogens (primary N) is 1. The minimum absolute atomic E-state index is 0.0112. The number of aliphatic imine (C=N–C) groups is 1. The summed E-state index contributed by atoms with van der Waals surface area (Å²) in [6.07, 6.45) is 3.81. The third-order valence-electron chi connectivity index (χ3n) is 8.19. The molecular formula is C28H38FN5O4. The molecule has 0 radical (unpaired) electrons. The van der Waals surface area contributed by atoms with Crippen molar-refractivity contribution in [2.24, 2.45) is 33.9 Å². The number of allylic oxidation sites excluding steroid dienone is 3. The lowest BCUT2D eigenvalue weighted by atomic mass is 9.77. The first-order valence-electron chi connectivity index (χ1n) is 13.1. The molecule has 2 saturated carbocycles. The monoisotopic (exact) mass is 527 g/mol. The second-order valence-corrected chi connectivity index (χ2v) is 11.8. The number of amides is 3. The molecule has 2 aliphatic carbocycles. The zero-order valence-corrected chi connectivity index (χ0v) is 22.5. The van der Waals surface area contributed by atoms with E-state index in [1.54, 1.807) is 6.07 Å². The van der Waals surface area contributed by atoms with Crippen molar-refractivity contribution in [1.82, 2.24) is 15.2 Å². The van der Waals surface area contributed by atoms with Crippen LogP contribution in [-0.2, 0) is 22.6 Å². The van der Waals surface area contributed by atoms with Gasteiger partial charge in [0.1, 0.15) is 17.3 Å². The number of aliphatic hydroxyl groups excluding tert-OH is 1. The first-order valence-corrected chi connectivity index (χ1v) is 13.1. The highest BCUT2D eigenvalue weighted by molar-refractivity contribution is 5.94. The first kappa shape index (κ1) is 27.8. The summed E-state index contributed by atoms with van der Waals surface area (Å²) in [6, 6.07) is 1.49. The third-order valence-corrected chi connectivity index (χ3v) is 8.19. The fraction of sp³-hybridized carbons (Fsp3) is 0.571. The van der Waals surface area contributed by atoms with Gasteiger partial charge in [0.25, 0.3) is 5.91 Å². The molecule has 0 aromatic carbocycles. The first-order chi connectivity index (χ1) is 17.8. The predicted octanol–water partition coefficient (Wildman–Crippen LogP) is 2.83. The summed E-state index contributed by atoms with van der Waals surface area (Å²) in [4.78, 5) is 40.7. The number of nitrogens with one attached hydrogen (secondary N) is 2. The Morgan fingerprint density at radius 3 is 2.55 bits per heavy atom. The van der Waals surface area contributed by atoms with Gasteiger partial charge in [-0.25, -0.2) is 9.38 Å². The number of rotatable bonds is 7. The Bertz CT molecular complexity index is 1230. The van der Waals surface area contributed by atoms with E-state index in [-0.39, 0.29) is 52.4 Å². The van der Waals surface area contributed by atoms with Crippen LogP contribution in [0.5, 0.6) is 0 Å². The molecule has 1 aromatic heterocycles. The van der Waals surface area contributed by atoms with Crippen molar-refractivity contribution in [3.8, 4) is 0 Å². The van der Waals surface area contributed by atoms with Crippen LogP contribution in [0.25, 0.3) is 5.57 Å². The Balaban J connectivity index is 1.54. The highest BCUT2D eigenvalue weighted by Crippen LogP contribution is 2.45. The van der Waals surface area contributed by atoms with E-state index in [1.165, 1.54) is 19.9 Å². The molecule has 0 spiro atoms. The SMILES string of the molecule is C=N/C(=C\C(=C(/C)F)c1cc(C(N)=O)n2c1CC(C)(C)C2)NC(=O)[C@@H]1C[C@H]2C[C@H](NC(C)=O)C[C@H](O)[C@H]2C1. The molecule has 3 amide bonds. The van der Waals surface area contributed by atoms with Gasteiger partial charge in [-0.15, -0.1) is 0 Å². The van der Waals surface area contributed by atoms with Gasteiger partial charge in [-0.1, -0.05) is 13.8 Å². The molecule has 2 fully saturated rings. The van der Waals surface area contributed by atoms with Crippen LogP contribution < -0.4 is 16.4 Å². The van der Waals surface area contributed by atoms with Crippen molar-refractivity contribution in [2.45, 2.75) is 78.5 Å². The fourth-order valence-electron chi connectivity index (χ4n) is 6.63. The van der Waals surface area contributed by atoms with Crippen molar-refractivity contribution >= 4 is 30.0 Å². The van der Waals surface area contributed by atoms with Crippen molar-refractivity contribution < 1.29 is 23.9 Å². The van der Waals surface area contributed by atoms with Crippen molar-refractivity contribution in [1.29, 1.82) is 0 Å². The molecule has 9 nitrogen and oxygen atoms in total. The maximum Gasteiger partial charge on any atom is 0.265 e. The second kappa shape index (κ2) is 10.5. The van der Waals surface area contributed by atoms with E-state index < -0.39 is 17.8 Å². The van der Waals surface area contributed by atoms with E-state index in [4.69, 9.17) is 5.73 Å². The number of aliphatic hydroxyl groups is 1. The standard InChI is InChI=1S/C28H38FN5O4/c1-14(29)19(21-10-22(26(30)37)34-13-28(3,4)12-23(21)34)11-25(31-5)33-27(38)17-6-16-7-18(32-15(2)35)9-24(36)20(16)8-17/h10-11,16-18,20,24,36H,5-9,12-13H2,1-4H3,(H2,30,37)(H,32,35)(H,33,38)/b19-14-,25-11+/t16-,17+,18-,20-,24-/m0/s1. The molecule has 2 heterocycles. The molecule has 38 heavy (non-hydrogen) atoms. The van der Waals surface area contributed by atoms with Crippen molar-refractivity contribution in [2.75, 3.05) is 0 Å². The van der Waals surface area contributed by atoms with E-state index >= 15 is 0 Å². The van der Waals surface area contributed by atoms with E-state index in [9.17, 15) is 23.9 Å². The Morgan fingerprint density at radius 2 is 1.95 bits per heavy atom. The van der Waals surface area contributed by atoms with E-state index in [1.807, 2.05) is 4.57 Å². The number of hydrogen-bond donors (Lipinski definition) is 4. The average Bonchev–Trinajstić information content (AvgIpc) is 3.46. The van der Waals surface area contributed by atoms with Gasteiger partial charge in [0, 0.05) is 42.3 Å². The summed E-state index contributed by atoms with van der Waals surface area (Å²) in [5.41, 5.74) is 7.36. The van der Waals surface area contributed by atoms with Crippen molar-refractivity contribution in [3.05, 3.63) is 40.7 Å². The van der Waals surface area contributed by atoms with Crippen LogP contribution in [-0.4, -0.2) is 46.3 Å². The Hall–Kier alpha value is -3.27. The maximum atomic E-state index is 14.9. The molecule has 3 aliphatic rings. The number of aromatic nitrogens is 1. The smallest absolute Gasteiger partial charge is 0.265 e. The van der Waals surface area contributed by atoms with Crippen LogP contribution >= 0.6 is 0 Å². The van der Waals surface area contributed by atoms with Gasteiger partial charge in [0.2, 0.25) is 11.8 Å². The Morgan fingerprint density at radius 1 is 1.24 bits per heavy atom. The highest BCUT2D eigenvalue weighted by atomic mass is 19.1. The van der Waals surface area contributed by atoms with Crippen LogP contribution in [0.3, 0.4) is 0 Å². The minimum Gasteiger partial charge on any atom is -0.393 e. The van der Waals surface area contributed by atoms with Gasteiger partial charge in [0.05, 0.1) is 6.10 Å². The Labute approximate surface area is 222 Å². The number of carbonyl (C=O) groups excluding carboxylic acids is 3. The van der Waals surface area contributed by atoms with Gasteiger partial charge in [-0.2, -0.15) is 0 Å². The molecular weight excluding hydrogens is 489 g/mol. The quantitative estimate of drug-likeness (QED) is 0.320. The van der Waals surface area contributed by atoms with Gasteiger partial charge in [-0.05, 0) is 75.1 Å². The predicted molar refractivity (Wildman–Crippen MR) is 142 cm³/mol. The molecule has 4 rings (SSSR count). The van der Waals surface area contributed by atoms with Gasteiger partial charge in [0.15, 0.2) is 0 Å². The van der Waals surface area contributed by atoms with Gasteiger partial charge in [-0.3, -0.25) is 14.4 Å². The van der Waals surface area contributed by atoms with E-state index in [0.717, 1.165) is 12.1 Å². The van der Waals surface area contributed by atoms with E-state index in [0.29, 0.717) is 43.5 Å². The number of nitrogens with zero attached hydrogens (tertiary/aromatic N) is 2. The van der Waals surface area contributed by atoms with Crippen LogP contribution in [0.2, 0.25) is 0 Å². The number of primary amides is 1. The fourth-order valence-corrected chi connectivity index (χ4v) is 6.63. The minimum atomic E-state index is -0.587. The van der Waals surface area contributed by atoms with Crippen LogP contribution in [0.4, 0.5) is 4.39 Å².